The van der Waals surface area contributed by atoms with Gasteiger partial charge in [-0.05, 0) is 61.8 Å². The van der Waals surface area contributed by atoms with Crippen molar-refractivity contribution in [3.05, 3.63) is 83.9 Å². The predicted octanol–water partition coefficient (Wildman–Crippen LogP) is 6.55. The molecule has 4 atom stereocenters. The maximum absolute atomic E-state index is 6.74. The van der Waals surface area contributed by atoms with Gasteiger partial charge in [-0.2, -0.15) is 0 Å². The molecule has 0 amide bonds. The minimum Gasteiger partial charge on any atom is -0.377 e. The third kappa shape index (κ3) is 7.57. The first-order valence-electron chi connectivity index (χ1n) is 12.5. The standard InChI is InChI=1S/C28H40O5Si2/c1-7-25-13-17-27(18-14-25)11-9-21-34(29-5)31-23(3)24(4)32-35(30-6,33-34)22-10-12-28-19-15-26(8-2)16-20-28/h7-8,13-20,23-24H,1-2,9-12,21-22H2,3-6H3/t23-,24+,34?,35?. The summed E-state index contributed by atoms with van der Waals surface area (Å²) in [6, 6.07) is 18.4. The highest BCUT2D eigenvalue weighted by atomic mass is 28.5. The maximum Gasteiger partial charge on any atom is 0.493 e. The molecule has 0 aliphatic carbocycles. The van der Waals surface area contributed by atoms with Gasteiger partial charge < -0.3 is 21.8 Å². The molecule has 3 rings (SSSR count). The molecule has 1 aliphatic rings. The summed E-state index contributed by atoms with van der Waals surface area (Å²) in [7, 11) is -2.60. The van der Waals surface area contributed by atoms with E-state index in [4.69, 9.17) is 21.8 Å². The molecule has 2 unspecified atom stereocenters. The minimum absolute atomic E-state index is 0.135. The molecule has 1 aliphatic heterocycles. The summed E-state index contributed by atoms with van der Waals surface area (Å²) < 4.78 is 31.8. The highest BCUT2D eigenvalue weighted by Crippen LogP contribution is 2.34. The summed E-state index contributed by atoms with van der Waals surface area (Å²) in [5, 5.41) is 0. The van der Waals surface area contributed by atoms with E-state index in [-0.39, 0.29) is 12.2 Å². The Labute approximate surface area is 213 Å². The van der Waals surface area contributed by atoms with Crippen LogP contribution in [0, 0.1) is 0 Å². The van der Waals surface area contributed by atoms with E-state index < -0.39 is 17.6 Å². The Hall–Kier alpha value is -1.85. The van der Waals surface area contributed by atoms with Gasteiger partial charge in [0.1, 0.15) is 0 Å². The third-order valence-corrected chi connectivity index (χ3v) is 13.8. The first kappa shape index (κ1) is 27.7. The van der Waals surface area contributed by atoms with Gasteiger partial charge in [0, 0.05) is 26.3 Å². The number of aryl methyl sites for hydroxylation is 2. The predicted molar refractivity (Wildman–Crippen MR) is 147 cm³/mol. The fraction of sp³-hybridized carbons (Fsp3) is 0.429. The van der Waals surface area contributed by atoms with E-state index in [0.717, 1.165) is 36.8 Å². The molecule has 1 fully saturated rings. The van der Waals surface area contributed by atoms with Crippen LogP contribution in [0.15, 0.2) is 61.7 Å². The van der Waals surface area contributed by atoms with Crippen molar-refractivity contribution >= 4 is 29.8 Å². The molecule has 2 aromatic carbocycles. The van der Waals surface area contributed by atoms with E-state index in [0.29, 0.717) is 12.1 Å². The zero-order chi connectivity index (χ0) is 25.3. The third-order valence-electron chi connectivity index (χ3n) is 6.65. The van der Waals surface area contributed by atoms with Crippen molar-refractivity contribution in [3.63, 3.8) is 0 Å². The van der Waals surface area contributed by atoms with E-state index in [9.17, 15) is 0 Å². The van der Waals surface area contributed by atoms with Gasteiger partial charge in [-0.25, -0.2) is 0 Å². The van der Waals surface area contributed by atoms with Crippen LogP contribution in [0.3, 0.4) is 0 Å². The number of hydrogen-bond donors (Lipinski definition) is 0. The largest absolute Gasteiger partial charge is 0.493 e. The van der Waals surface area contributed by atoms with Gasteiger partial charge in [-0.15, -0.1) is 0 Å². The van der Waals surface area contributed by atoms with Crippen LogP contribution in [0.25, 0.3) is 12.2 Å². The average molecular weight is 513 g/mol. The molecular formula is C28H40O5Si2. The van der Waals surface area contributed by atoms with Gasteiger partial charge in [0.2, 0.25) is 0 Å². The van der Waals surface area contributed by atoms with Crippen LogP contribution in [0.2, 0.25) is 12.1 Å². The summed E-state index contributed by atoms with van der Waals surface area (Å²) in [5.74, 6) is 0. The molecule has 1 heterocycles. The highest BCUT2D eigenvalue weighted by Gasteiger charge is 2.56. The molecule has 0 aromatic heterocycles. The topological polar surface area (TPSA) is 46.2 Å². The number of rotatable bonds is 12. The minimum atomic E-state index is -3.00. The van der Waals surface area contributed by atoms with Crippen molar-refractivity contribution in [1.29, 1.82) is 0 Å². The lowest BCUT2D eigenvalue weighted by Gasteiger charge is -2.34. The lowest BCUT2D eigenvalue weighted by Crippen LogP contribution is -2.56. The highest BCUT2D eigenvalue weighted by molar-refractivity contribution is 6.75. The van der Waals surface area contributed by atoms with Crippen LogP contribution in [0.4, 0.5) is 0 Å². The Morgan fingerprint density at radius 1 is 0.714 bits per heavy atom. The Bertz CT molecular complexity index is 871. The molecule has 0 radical (unpaired) electrons. The van der Waals surface area contributed by atoms with Gasteiger partial charge in [-0.3, -0.25) is 0 Å². The van der Waals surface area contributed by atoms with Crippen LogP contribution in [0.5, 0.6) is 0 Å². The maximum atomic E-state index is 6.74. The van der Waals surface area contributed by atoms with Crippen molar-refractivity contribution in [2.24, 2.45) is 0 Å². The summed E-state index contributed by atoms with van der Waals surface area (Å²) >= 11 is 0. The van der Waals surface area contributed by atoms with Crippen molar-refractivity contribution in [2.75, 3.05) is 14.2 Å². The van der Waals surface area contributed by atoms with Crippen molar-refractivity contribution in [2.45, 2.75) is 63.8 Å². The molecule has 7 heteroatoms. The SMILES string of the molecule is C=Cc1ccc(CCC[Si]2(OC)O[C@@H](C)[C@@H](C)O[Si](CCCc3ccc(C=C)cc3)(OC)O2)cc1. The summed E-state index contributed by atoms with van der Waals surface area (Å²) in [4.78, 5) is 0. The van der Waals surface area contributed by atoms with Crippen molar-refractivity contribution in [1.82, 2.24) is 0 Å². The molecule has 0 bridgehead atoms. The fourth-order valence-corrected chi connectivity index (χ4v) is 11.6. The zero-order valence-corrected chi connectivity index (χ0v) is 23.6. The monoisotopic (exact) mass is 512 g/mol. The molecule has 5 nitrogen and oxygen atoms in total. The second-order valence-electron chi connectivity index (χ2n) is 9.12. The van der Waals surface area contributed by atoms with E-state index in [1.54, 1.807) is 14.2 Å². The second-order valence-corrected chi connectivity index (χ2v) is 15.0. The van der Waals surface area contributed by atoms with E-state index >= 15 is 0 Å². The van der Waals surface area contributed by atoms with Crippen LogP contribution in [-0.4, -0.2) is 44.0 Å². The van der Waals surface area contributed by atoms with E-state index in [1.807, 2.05) is 26.0 Å². The van der Waals surface area contributed by atoms with Gasteiger partial charge in [0.15, 0.2) is 0 Å². The number of hydrogen-bond acceptors (Lipinski definition) is 5. The van der Waals surface area contributed by atoms with Gasteiger partial charge in [0.25, 0.3) is 0 Å². The molecule has 1 saturated heterocycles. The Morgan fingerprint density at radius 2 is 1.09 bits per heavy atom. The van der Waals surface area contributed by atoms with Crippen molar-refractivity contribution in [3.8, 4) is 0 Å². The quantitative estimate of drug-likeness (QED) is 0.302. The first-order chi connectivity index (χ1) is 16.9. The zero-order valence-electron chi connectivity index (χ0n) is 21.6. The van der Waals surface area contributed by atoms with Gasteiger partial charge >= 0.3 is 17.6 Å². The van der Waals surface area contributed by atoms with Gasteiger partial charge in [-0.1, -0.05) is 73.8 Å². The first-order valence-corrected chi connectivity index (χ1v) is 16.3. The Morgan fingerprint density at radius 3 is 1.40 bits per heavy atom. The van der Waals surface area contributed by atoms with E-state index in [2.05, 4.69) is 61.7 Å². The molecule has 0 saturated carbocycles. The molecule has 2 aromatic rings. The summed E-state index contributed by atoms with van der Waals surface area (Å²) in [6.45, 7) is 11.7. The lowest BCUT2D eigenvalue weighted by atomic mass is 10.1. The molecule has 35 heavy (non-hydrogen) atoms. The Kier molecular flexibility index (Phi) is 10.2. The van der Waals surface area contributed by atoms with Crippen LogP contribution in [-0.2, 0) is 34.7 Å². The second kappa shape index (κ2) is 12.9. The fourth-order valence-electron chi connectivity index (χ4n) is 4.31. The number of benzene rings is 2. The van der Waals surface area contributed by atoms with Crippen LogP contribution >= 0.6 is 0 Å². The van der Waals surface area contributed by atoms with Crippen LogP contribution < -0.4 is 0 Å². The molecule has 0 spiro atoms. The summed E-state index contributed by atoms with van der Waals surface area (Å²) in [6.07, 6.45) is 7.10. The molecular weight excluding hydrogens is 472 g/mol. The van der Waals surface area contributed by atoms with E-state index in [1.165, 1.54) is 11.1 Å². The lowest BCUT2D eigenvalue weighted by molar-refractivity contribution is 0.0416. The normalized spacial score (nSPS) is 26.7. The van der Waals surface area contributed by atoms with Crippen molar-refractivity contribution < 1.29 is 21.8 Å². The van der Waals surface area contributed by atoms with Gasteiger partial charge in [0.05, 0.1) is 12.2 Å². The van der Waals surface area contributed by atoms with Crippen LogP contribution in [0.1, 0.15) is 48.9 Å². The summed E-state index contributed by atoms with van der Waals surface area (Å²) in [5.41, 5.74) is 4.80. The smallest absolute Gasteiger partial charge is 0.377 e. The molecule has 0 N–H and O–H groups in total. The Balaban J connectivity index is 1.68. The average Bonchev–Trinajstić information content (AvgIpc) is 2.99. The molecule has 190 valence electrons.